The smallest absolute Gasteiger partial charge is 0.430 e. The summed E-state index contributed by atoms with van der Waals surface area (Å²) in [6.07, 6.45) is 1.05. The molecule has 0 bridgehead atoms. The van der Waals surface area contributed by atoms with Crippen LogP contribution in [0.3, 0.4) is 0 Å². The molecule has 0 aliphatic heterocycles. The highest BCUT2D eigenvalue weighted by atomic mass is 31.2. The van der Waals surface area contributed by atoms with Crippen molar-refractivity contribution in [1.82, 2.24) is 15.1 Å². The quantitative estimate of drug-likeness (QED) is 0.524. The Morgan fingerprint density at radius 3 is 2.24 bits per heavy atom. The molecule has 0 aromatic carbocycles. The van der Waals surface area contributed by atoms with E-state index in [1.165, 1.54) is 4.68 Å². The Morgan fingerprint density at radius 1 is 1.28 bits per heavy atom. The van der Waals surface area contributed by atoms with Gasteiger partial charge in [-0.05, 0) is 11.2 Å². The number of aromatic nitrogens is 4. The Morgan fingerprint density at radius 2 is 1.84 bits per heavy atom. The van der Waals surface area contributed by atoms with Gasteiger partial charge in [-0.1, -0.05) is 4.68 Å². The van der Waals surface area contributed by atoms with Crippen LogP contribution in [0.4, 0.5) is 13.2 Å². The molecule has 2 rings (SSSR count). The van der Waals surface area contributed by atoms with Crippen LogP contribution in [0.15, 0.2) is 36.9 Å². The van der Waals surface area contributed by atoms with Crippen LogP contribution in [0.25, 0.3) is 11.4 Å². The predicted molar refractivity (Wildman–Crippen MR) is 73.4 cm³/mol. The zero-order valence-corrected chi connectivity index (χ0v) is 13.3. The van der Waals surface area contributed by atoms with Crippen molar-refractivity contribution in [2.24, 2.45) is 0 Å². The molecule has 2 aromatic rings. The summed E-state index contributed by atoms with van der Waals surface area (Å²) in [5.41, 5.74) is 0.753. The van der Waals surface area contributed by atoms with Crippen molar-refractivity contribution >= 4 is 13.6 Å². The third-order valence-corrected chi connectivity index (χ3v) is 3.23. The zero-order chi connectivity index (χ0) is 19.1. The summed E-state index contributed by atoms with van der Waals surface area (Å²) in [5.74, 6) is -2.44. The van der Waals surface area contributed by atoms with Gasteiger partial charge in [-0.3, -0.25) is 4.57 Å². The molecule has 2 heterocycles. The van der Waals surface area contributed by atoms with Gasteiger partial charge in [0.25, 0.3) is 0 Å². The number of hydrogen-bond acceptors (Lipinski definition) is 6. The minimum absolute atomic E-state index is 0.167. The van der Waals surface area contributed by atoms with Gasteiger partial charge in [0.15, 0.2) is 18.6 Å². The largest absolute Gasteiger partial charge is 0.542 e. The topological polar surface area (TPSA) is 140 Å². The minimum atomic E-state index is -5.19. The lowest BCUT2D eigenvalue weighted by molar-refractivity contribution is -0.750. The highest BCUT2D eigenvalue weighted by Crippen LogP contribution is 2.33. The van der Waals surface area contributed by atoms with Gasteiger partial charge >= 0.3 is 13.8 Å². The number of halogens is 3. The molecule has 0 saturated carbocycles. The Labute approximate surface area is 139 Å². The molecule has 0 fully saturated rings. The SMILES string of the molecule is O=C([O-])C(F)(F)F.O=P(O)(O)CC[n+]1ccc(-c2ncccn2)cn1. The van der Waals surface area contributed by atoms with Crippen molar-refractivity contribution < 1.29 is 42.1 Å². The van der Waals surface area contributed by atoms with E-state index in [0.29, 0.717) is 5.82 Å². The molecule has 0 atom stereocenters. The molecule has 0 unspecified atom stereocenters. The third-order valence-electron chi connectivity index (χ3n) is 2.45. The fraction of sp³-hybridized carbons (Fsp3) is 0.250. The first-order valence-electron chi connectivity index (χ1n) is 6.45. The maximum Gasteiger partial charge on any atom is 0.430 e. The van der Waals surface area contributed by atoms with Gasteiger partial charge in [-0.2, -0.15) is 13.2 Å². The molecule has 0 radical (unpaired) electrons. The first-order chi connectivity index (χ1) is 11.5. The summed E-state index contributed by atoms with van der Waals surface area (Å²) < 4.78 is 43.7. The van der Waals surface area contributed by atoms with E-state index in [-0.39, 0.29) is 12.7 Å². The molecule has 0 aliphatic carbocycles. The number of hydrogen-bond donors (Lipinski definition) is 2. The molecule has 2 N–H and O–H groups in total. The van der Waals surface area contributed by atoms with E-state index in [1.807, 2.05) is 0 Å². The van der Waals surface area contributed by atoms with Crippen LogP contribution in [0.2, 0.25) is 0 Å². The normalized spacial score (nSPS) is 11.4. The lowest BCUT2D eigenvalue weighted by Crippen LogP contribution is -2.38. The first-order valence-corrected chi connectivity index (χ1v) is 8.25. The zero-order valence-electron chi connectivity index (χ0n) is 12.4. The van der Waals surface area contributed by atoms with Crippen LogP contribution in [0.5, 0.6) is 0 Å². The van der Waals surface area contributed by atoms with Crippen LogP contribution in [-0.4, -0.2) is 43.2 Å². The molecule has 0 spiro atoms. The molecular formula is C12H12F3N4O5P. The monoisotopic (exact) mass is 380 g/mol. The van der Waals surface area contributed by atoms with Crippen molar-refractivity contribution in [2.75, 3.05) is 6.16 Å². The van der Waals surface area contributed by atoms with Crippen molar-refractivity contribution in [2.45, 2.75) is 12.7 Å². The second-order valence-electron chi connectivity index (χ2n) is 4.42. The van der Waals surface area contributed by atoms with E-state index in [2.05, 4.69) is 15.1 Å². The van der Waals surface area contributed by atoms with Crippen molar-refractivity contribution in [1.29, 1.82) is 0 Å². The van der Waals surface area contributed by atoms with E-state index in [1.54, 1.807) is 36.9 Å². The number of carboxylic acid groups (broad SMARTS) is 1. The Balaban J connectivity index is 0.000000381. The number of carbonyl (C=O) groups is 1. The molecule has 136 valence electrons. The minimum Gasteiger partial charge on any atom is -0.542 e. The number of rotatable bonds is 4. The lowest BCUT2D eigenvalue weighted by atomic mass is 10.3. The first kappa shape index (κ1) is 20.6. The van der Waals surface area contributed by atoms with Gasteiger partial charge in [0.05, 0.1) is 0 Å². The maximum absolute atomic E-state index is 10.7. The average Bonchev–Trinajstić information content (AvgIpc) is 2.53. The molecule has 25 heavy (non-hydrogen) atoms. The van der Waals surface area contributed by atoms with E-state index in [9.17, 15) is 17.7 Å². The fourth-order valence-corrected chi connectivity index (χ4v) is 1.80. The lowest BCUT2D eigenvalue weighted by Gasteiger charge is -2.03. The van der Waals surface area contributed by atoms with E-state index < -0.39 is 19.7 Å². The summed E-state index contributed by atoms with van der Waals surface area (Å²) in [6.45, 7) is 0.167. The van der Waals surface area contributed by atoms with Gasteiger partial charge in [0.2, 0.25) is 0 Å². The maximum atomic E-state index is 10.7. The number of alkyl halides is 3. The van der Waals surface area contributed by atoms with Crippen molar-refractivity contribution in [3.63, 3.8) is 0 Å². The standard InChI is InChI=1S/C10H11N4O3P.C2HF3O2/c15-18(16,17)7-6-14-5-2-9(8-13-14)10-11-3-1-4-12-10;3-2(4,5)1(6)7/h1-5,8H,6-7H2,(H-,15,16,17);(H,6,7). The van der Waals surface area contributed by atoms with Crippen LogP contribution in [0, 0.1) is 0 Å². The summed E-state index contributed by atoms with van der Waals surface area (Å²) in [6, 6.07) is 3.47. The second kappa shape index (κ2) is 8.60. The van der Waals surface area contributed by atoms with E-state index in [4.69, 9.17) is 19.7 Å². The van der Waals surface area contributed by atoms with Gasteiger partial charge < -0.3 is 19.7 Å². The summed E-state index contributed by atoms with van der Waals surface area (Å²) in [4.78, 5) is 34.5. The van der Waals surface area contributed by atoms with E-state index >= 15 is 0 Å². The number of aliphatic carboxylic acids is 1. The highest BCUT2D eigenvalue weighted by Gasteiger charge is 2.28. The van der Waals surface area contributed by atoms with Gasteiger partial charge in [0.1, 0.15) is 18.3 Å². The Hall–Kier alpha value is -2.43. The number of carbonyl (C=O) groups excluding carboxylic acids is 1. The van der Waals surface area contributed by atoms with Gasteiger partial charge in [0, 0.05) is 24.0 Å². The Bertz CT molecular complexity index is 737. The summed E-state index contributed by atoms with van der Waals surface area (Å²) in [7, 11) is -3.99. The number of aryl methyl sites for hydroxylation is 1. The number of nitrogens with zero attached hydrogens (tertiary/aromatic N) is 4. The predicted octanol–water partition coefficient (Wildman–Crippen LogP) is -0.698. The summed E-state index contributed by atoms with van der Waals surface area (Å²) in [5, 5.41) is 12.8. The fourth-order valence-electron chi connectivity index (χ4n) is 1.33. The molecule has 0 saturated heterocycles. The molecular weight excluding hydrogens is 368 g/mol. The van der Waals surface area contributed by atoms with Gasteiger partial charge in [-0.15, -0.1) is 0 Å². The highest BCUT2D eigenvalue weighted by molar-refractivity contribution is 7.51. The molecule has 0 aliphatic rings. The molecule has 13 heteroatoms. The molecule has 0 amide bonds. The van der Waals surface area contributed by atoms with Crippen molar-refractivity contribution in [3.8, 4) is 11.4 Å². The third kappa shape index (κ3) is 8.29. The average molecular weight is 380 g/mol. The number of carboxylic acids is 1. The van der Waals surface area contributed by atoms with Crippen LogP contribution in [0.1, 0.15) is 0 Å². The second-order valence-corrected chi connectivity index (χ2v) is 6.20. The van der Waals surface area contributed by atoms with Crippen molar-refractivity contribution in [3.05, 3.63) is 36.9 Å². The van der Waals surface area contributed by atoms with Crippen LogP contribution in [-0.2, 0) is 15.9 Å². The summed E-state index contributed by atoms with van der Waals surface area (Å²) >= 11 is 0. The van der Waals surface area contributed by atoms with Crippen LogP contribution >= 0.6 is 7.60 Å². The molecule has 2 aromatic heterocycles. The Kier molecular flexibility index (Phi) is 7.09. The van der Waals surface area contributed by atoms with Gasteiger partial charge in [-0.25, -0.2) is 9.97 Å². The van der Waals surface area contributed by atoms with Crippen LogP contribution < -0.4 is 9.79 Å². The van der Waals surface area contributed by atoms with E-state index in [0.717, 1.165) is 5.56 Å². The molecule has 9 nitrogen and oxygen atoms in total.